The van der Waals surface area contributed by atoms with E-state index in [4.69, 9.17) is 12.2 Å². The van der Waals surface area contributed by atoms with Crippen LogP contribution in [0.15, 0.2) is 24.3 Å². The number of hydrogen-bond donors (Lipinski definition) is 2. The number of amides is 1. The average molecular weight is 296 g/mol. The molecule has 0 aliphatic carbocycles. The monoisotopic (exact) mass is 296 g/mol. The number of nitrogens with zero attached hydrogens (tertiary/aromatic N) is 1. The fourth-order valence-electron chi connectivity index (χ4n) is 2.17. The number of carbonyl (C=O) groups is 1. The van der Waals surface area contributed by atoms with Crippen molar-refractivity contribution in [1.29, 1.82) is 0 Å². The summed E-state index contributed by atoms with van der Waals surface area (Å²) in [4.78, 5) is 11.3. The Hall–Kier alpha value is -1.30. The molecule has 20 heavy (non-hydrogen) atoms. The summed E-state index contributed by atoms with van der Waals surface area (Å²) < 4.78 is -1.12. The average Bonchev–Trinajstić information content (AvgIpc) is 2.38. The Labute approximate surface area is 125 Å². The van der Waals surface area contributed by atoms with Crippen molar-refractivity contribution in [2.75, 3.05) is 6.54 Å². The number of carboxylic acid groups (broad SMARTS) is 1. The molecule has 1 amide bonds. The molecular weight excluding hydrogens is 274 g/mol. The van der Waals surface area contributed by atoms with Crippen molar-refractivity contribution >= 4 is 23.7 Å². The van der Waals surface area contributed by atoms with Gasteiger partial charge in [0, 0.05) is 10.9 Å². The largest absolute Gasteiger partial charge is 0.547 e. The molecule has 0 heterocycles. The van der Waals surface area contributed by atoms with E-state index in [1.165, 1.54) is 10.9 Å². The minimum Gasteiger partial charge on any atom is -0.433 e. The molecule has 0 radical (unpaired) electrons. The molecule has 1 aromatic carbocycles. The van der Waals surface area contributed by atoms with Gasteiger partial charge in [0.05, 0.1) is 0 Å². The van der Waals surface area contributed by atoms with Gasteiger partial charge in [-0.3, -0.25) is 0 Å². The number of benzene rings is 1. The molecule has 0 saturated heterocycles. The lowest BCUT2D eigenvalue weighted by Gasteiger charge is -2.29. The van der Waals surface area contributed by atoms with Gasteiger partial charge in [0.2, 0.25) is 0 Å². The number of thiocarbonyl (C=S) groups is 1. The van der Waals surface area contributed by atoms with Crippen LogP contribution in [0.1, 0.15) is 37.9 Å². The van der Waals surface area contributed by atoms with Crippen molar-refractivity contribution in [2.24, 2.45) is 5.92 Å². The van der Waals surface area contributed by atoms with E-state index in [1.54, 1.807) is 6.92 Å². The van der Waals surface area contributed by atoms with Crippen LogP contribution >= 0.6 is 12.2 Å². The summed E-state index contributed by atoms with van der Waals surface area (Å²) in [7, 11) is 0. The smallest absolute Gasteiger partial charge is 0.433 e. The van der Waals surface area contributed by atoms with Gasteiger partial charge < -0.3 is 5.11 Å². The van der Waals surface area contributed by atoms with E-state index in [0.29, 0.717) is 5.92 Å². The van der Waals surface area contributed by atoms with Crippen molar-refractivity contribution < 1.29 is 19.8 Å². The second-order valence-corrected chi connectivity index (χ2v) is 5.81. The van der Waals surface area contributed by atoms with E-state index in [9.17, 15) is 15.1 Å². The molecule has 0 spiro atoms. The third-order valence-corrected chi connectivity index (χ3v) is 3.58. The Morgan fingerprint density at radius 1 is 1.30 bits per heavy atom. The minimum atomic E-state index is -1.30. The Kier molecular flexibility index (Phi) is 5.80. The zero-order valence-electron chi connectivity index (χ0n) is 12.1. The number of hydrogen-bond acceptors (Lipinski definition) is 3. The molecule has 0 aromatic heterocycles. The highest BCUT2D eigenvalue weighted by Gasteiger charge is 2.42. The molecule has 5 heteroatoms. The molecule has 0 fully saturated rings. The normalized spacial score (nSPS) is 15.7. The SMILES string of the molecule is CC(C)Cc1ccc(C(C)[N+](O)(CC=S)C(=O)O)cc1. The first-order valence-electron chi connectivity index (χ1n) is 6.67. The fraction of sp³-hybridized carbons (Fsp3) is 0.467. The maximum Gasteiger partial charge on any atom is 0.547 e. The van der Waals surface area contributed by atoms with Crippen LogP contribution in [0, 0.1) is 5.92 Å². The fourth-order valence-corrected chi connectivity index (χ4v) is 2.39. The van der Waals surface area contributed by atoms with Crippen LogP contribution in [0.25, 0.3) is 0 Å². The molecule has 1 aromatic rings. The van der Waals surface area contributed by atoms with Crippen LogP contribution in [0.5, 0.6) is 0 Å². The Bertz CT molecular complexity index is 473. The molecule has 1 rings (SSSR count). The second kappa shape index (κ2) is 6.92. The summed E-state index contributed by atoms with van der Waals surface area (Å²) in [6, 6.07) is 7.13. The number of quaternary nitrogens is 1. The highest BCUT2D eigenvalue weighted by Crippen LogP contribution is 2.26. The molecule has 4 nitrogen and oxygen atoms in total. The van der Waals surface area contributed by atoms with E-state index in [-0.39, 0.29) is 6.54 Å². The lowest BCUT2D eigenvalue weighted by atomic mass is 9.99. The van der Waals surface area contributed by atoms with Crippen LogP contribution < -0.4 is 0 Å². The van der Waals surface area contributed by atoms with Crippen LogP contribution in [-0.4, -0.2) is 33.0 Å². The first-order chi connectivity index (χ1) is 9.31. The molecule has 2 atom stereocenters. The predicted molar refractivity (Wildman–Crippen MR) is 82.0 cm³/mol. The van der Waals surface area contributed by atoms with Gasteiger partial charge in [-0.1, -0.05) is 55.0 Å². The van der Waals surface area contributed by atoms with Crippen LogP contribution in [-0.2, 0) is 6.42 Å². The van der Waals surface area contributed by atoms with Gasteiger partial charge in [0.25, 0.3) is 0 Å². The summed E-state index contributed by atoms with van der Waals surface area (Å²) in [6.45, 7) is 5.87. The molecule has 2 unspecified atom stereocenters. The van der Waals surface area contributed by atoms with Gasteiger partial charge in [-0.05, 0) is 24.8 Å². The molecule has 0 aliphatic heterocycles. The second-order valence-electron chi connectivity index (χ2n) is 5.47. The van der Waals surface area contributed by atoms with Crippen LogP contribution in [0.3, 0.4) is 0 Å². The van der Waals surface area contributed by atoms with Gasteiger partial charge in [0.15, 0.2) is 6.04 Å². The first kappa shape index (κ1) is 16.8. The van der Waals surface area contributed by atoms with E-state index < -0.39 is 16.8 Å². The van der Waals surface area contributed by atoms with Gasteiger partial charge in [-0.2, -0.15) is 4.79 Å². The molecule has 0 saturated carbocycles. The summed E-state index contributed by atoms with van der Waals surface area (Å²) in [5.41, 5.74) is 1.98. The molecule has 0 bridgehead atoms. The third kappa shape index (κ3) is 3.85. The number of rotatable bonds is 6. The van der Waals surface area contributed by atoms with E-state index in [2.05, 4.69) is 13.8 Å². The van der Waals surface area contributed by atoms with Gasteiger partial charge in [0.1, 0.15) is 6.54 Å². The lowest BCUT2D eigenvalue weighted by Crippen LogP contribution is -2.51. The molecule has 0 aliphatic rings. The first-order valence-corrected chi connectivity index (χ1v) is 7.15. The standard InChI is InChI=1S/C15H21NO3S/c1-11(2)10-13-4-6-14(7-5-13)12(3)16(19,8-9-20)15(17)18/h4-7,9,11-12,19H,8,10H2,1-3H3/p+1. The highest BCUT2D eigenvalue weighted by molar-refractivity contribution is 7.79. The zero-order valence-corrected chi connectivity index (χ0v) is 12.9. The minimum absolute atomic E-state index is 0.112. The summed E-state index contributed by atoms with van der Waals surface area (Å²) in [6.07, 6.45) is -0.322. The lowest BCUT2D eigenvalue weighted by molar-refractivity contribution is -1.06. The molecule has 110 valence electrons. The van der Waals surface area contributed by atoms with Gasteiger partial charge >= 0.3 is 6.09 Å². The van der Waals surface area contributed by atoms with Crippen molar-refractivity contribution in [3.05, 3.63) is 35.4 Å². The molecule has 2 N–H and O–H groups in total. The van der Waals surface area contributed by atoms with Gasteiger partial charge in [-0.15, -0.1) is 0 Å². The van der Waals surface area contributed by atoms with Crippen LogP contribution in [0.2, 0.25) is 0 Å². The van der Waals surface area contributed by atoms with Crippen molar-refractivity contribution in [2.45, 2.75) is 33.2 Å². The predicted octanol–water partition coefficient (Wildman–Crippen LogP) is 3.83. The maximum absolute atomic E-state index is 11.3. The summed E-state index contributed by atoms with van der Waals surface area (Å²) >= 11 is 4.69. The van der Waals surface area contributed by atoms with Crippen molar-refractivity contribution in [3.8, 4) is 0 Å². The highest BCUT2D eigenvalue weighted by atomic mass is 32.1. The van der Waals surface area contributed by atoms with E-state index >= 15 is 0 Å². The molecular formula is C15H22NO3S+. The topological polar surface area (TPSA) is 57.5 Å². The quantitative estimate of drug-likeness (QED) is 0.362. The van der Waals surface area contributed by atoms with Gasteiger partial charge in [-0.25, -0.2) is 5.21 Å². The zero-order chi connectivity index (χ0) is 15.3. The van der Waals surface area contributed by atoms with E-state index in [0.717, 1.165) is 12.0 Å². The summed E-state index contributed by atoms with van der Waals surface area (Å²) in [5, 5.41) is 20.7. The van der Waals surface area contributed by atoms with Crippen molar-refractivity contribution in [1.82, 2.24) is 0 Å². The Morgan fingerprint density at radius 3 is 2.25 bits per heavy atom. The van der Waals surface area contributed by atoms with Crippen LogP contribution in [0.4, 0.5) is 4.79 Å². The maximum atomic E-state index is 11.3. The number of hydroxylamine groups is 3. The van der Waals surface area contributed by atoms with E-state index in [1.807, 2.05) is 24.3 Å². The Morgan fingerprint density at radius 2 is 1.85 bits per heavy atom. The third-order valence-electron chi connectivity index (χ3n) is 3.43. The Balaban J connectivity index is 2.98. The van der Waals surface area contributed by atoms with Crippen molar-refractivity contribution in [3.63, 3.8) is 0 Å². The summed E-state index contributed by atoms with van der Waals surface area (Å²) in [5.74, 6) is 0.569.